The number of phenolic OH excluding ortho intramolecular Hbond substituents is 1. The van der Waals surface area contributed by atoms with E-state index in [1.54, 1.807) is 6.07 Å². The molecule has 1 aromatic heterocycles. The van der Waals surface area contributed by atoms with Crippen LogP contribution in [0.3, 0.4) is 0 Å². The highest BCUT2D eigenvalue weighted by atomic mass is 16.3. The maximum absolute atomic E-state index is 9.97. The summed E-state index contributed by atoms with van der Waals surface area (Å²) in [5, 5.41) is 24.4. The minimum atomic E-state index is -0.0127. The number of hydrogen-bond acceptors (Lipinski definition) is 4. The van der Waals surface area contributed by atoms with Crippen molar-refractivity contribution in [3.05, 3.63) is 60.2 Å². The van der Waals surface area contributed by atoms with E-state index in [2.05, 4.69) is 15.3 Å². The summed E-state index contributed by atoms with van der Waals surface area (Å²) in [4.78, 5) is 7.45. The van der Waals surface area contributed by atoms with Crippen LogP contribution < -0.4 is 5.32 Å². The molecule has 3 aromatic carbocycles. The molecule has 0 saturated carbocycles. The van der Waals surface area contributed by atoms with Gasteiger partial charge in [-0.3, -0.25) is 0 Å². The van der Waals surface area contributed by atoms with E-state index in [0.717, 1.165) is 16.5 Å². The molecule has 110 valence electrons. The predicted octanol–water partition coefficient (Wildman–Crippen LogP) is 4.04. The minimum absolute atomic E-state index is 0.0127. The quantitative estimate of drug-likeness (QED) is 0.521. The van der Waals surface area contributed by atoms with Crippen molar-refractivity contribution in [1.29, 1.82) is 5.26 Å². The van der Waals surface area contributed by atoms with Gasteiger partial charge in [-0.05, 0) is 17.5 Å². The number of hydrogen-bond donors (Lipinski definition) is 3. The number of aromatic hydroxyl groups is 1. The molecule has 23 heavy (non-hydrogen) atoms. The van der Waals surface area contributed by atoms with Crippen molar-refractivity contribution in [2.75, 3.05) is 5.32 Å². The number of benzene rings is 3. The number of H-pyrrole nitrogens is 1. The lowest BCUT2D eigenvalue weighted by Gasteiger charge is -2.06. The zero-order valence-electron chi connectivity index (χ0n) is 12.0. The largest absolute Gasteiger partial charge is 0.506 e. The zero-order valence-corrected chi connectivity index (χ0v) is 12.0. The van der Waals surface area contributed by atoms with Crippen LogP contribution in [-0.4, -0.2) is 15.1 Å². The smallest absolute Gasteiger partial charge is 0.205 e. The molecule has 0 atom stereocenters. The van der Waals surface area contributed by atoms with Gasteiger partial charge in [0.1, 0.15) is 11.3 Å². The van der Waals surface area contributed by atoms with Gasteiger partial charge in [-0.25, -0.2) is 4.98 Å². The normalized spacial score (nSPS) is 10.7. The van der Waals surface area contributed by atoms with Crippen molar-refractivity contribution in [3.63, 3.8) is 0 Å². The third-order valence-corrected chi connectivity index (χ3v) is 3.74. The van der Waals surface area contributed by atoms with Crippen LogP contribution in [-0.2, 0) is 0 Å². The van der Waals surface area contributed by atoms with Crippen LogP contribution in [0.15, 0.2) is 54.6 Å². The lowest BCUT2D eigenvalue weighted by molar-refractivity contribution is 0.480. The summed E-state index contributed by atoms with van der Waals surface area (Å²) in [7, 11) is 0. The van der Waals surface area contributed by atoms with Crippen LogP contribution in [0.2, 0.25) is 0 Å². The van der Waals surface area contributed by atoms with Gasteiger partial charge in [-0.15, -0.1) is 0 Å². The minimum Gasteiger partial charge on any atom is -0.506 e. The Kier molecular flexibility index (Phi) is 2.88. The Morgan fingerprint density at radius 1 is 1.09 bits per heavy atom. The van der Waals surface area contributed by atoms with E-state index in [4.69, 9.17) is 5.26 Å². The van der Waals surface area contributed by atoms with Gasteiger partial charge in [-0.2, -0.15) is 5.26 Å². The number of fused-ring (bicyclic) bond motifs is 2. The summed E-state index contributed by atoms with van der Waals surface area (Å²) in [5.41, 5.74) is 2.36. The maximum Gasteiger partial charge on any atom is 0.205 e. The van der Waals surface area contributed by atoms with Gasteiger partial charge < -0.3 is 15.4 Å². The maximum atomic E-state index is 9.97. The Bertz CT molecular complexity index is 1070. The molecule has 0 aliphatic rings. The molecule has 0 unspecified atom stereocenters. The van der Waals surface area contributed by atoms with Gasteiger partial charge in [0.15, 0.2) is 0 Å². The Labute approximate surface area is 131 Å². The lowest BCUT2D eigenvalue weighted by atomic mass is 10.1. The van der Waals surface area contributed by atoms with Gasteiger partial charge in [0, 0.05) is 17.1 Å². The van der Waals surface area contributed by atoms with E-state index in [9.17, 15) is 5.11 Å². The van der Waals surface area contributed by atoms with Gasteiger partial charge in [0.05, 0.1) is 17.1 Å². The Morgan fingerprint density at radius 3 is 2.78 bits per heavy atom. The molecule has 0 aliphatic heterocycles. The van der Waals surface area contributed by atoms with Gasteiger partial charge in [0.25, 0.3) is 0 Å². The van der Waals surface area contributed by atoms with Crippen LogP contribution in [0.5, 0.6) is 5.75 Å². The van der Waals surface area contributed by atoms with E-state index in [1.165, 1.54) is 6.07 Å². The van der Waals surface area contributed by atoms with Crippen molar-refractivity contribution in [2.24, 2.45) is 0 Å². The molecule has 0 fully saturated rings. The molecule has 0 spiro atoms. The Balaban J connectivity index is 1.81. The third kappa shape index (κ3) is 2.23. The number of anilines is 2. The zero-order chi connectivity index (χ0) is 15.8. The van der Waals surface area contributed by atoms with Gasteiger partial charge >= 0.3 is 0 Å². The fourth-order valence-electron chi connectivity index (χ4n) is 2.68. The number of phenols is 1. The monoisotopic (exact) mass is 300 g/mol. The summed E-state index contributed by atoms with van der Waals surface area (Å²) in [6.45, 7) is 0. The fourth-order valence-corrected chi connectivity index (χ4v) is 2.68. The number of imidazole rings is 1. The van der Waals surface area contributed by atoms with Crippen LogP contribution in [0.4, 0.5) is 11.6 Å². The first-order chi connectivity index (χ1) is 11.2. The lowest BCUT2D eigenvalue weighted by Crippen LogP contribution is -1.93. The molecule has 0 bridgehead atoms. The van der Waals surface area contributed by atoms with Crippen LogP contribution in [0.25, 0.3) is 21.8 Å². The molecule has 0 aliphatic carbocycles. The second-order valence-electron chi connectivity index (χ2n) is 5.24. The summed E-state index contributed by atoms with van der Waals surface area (Å²) in [5.74, 6) is 0.503. The summed E-state index contributed by atoms with van der Waals surface area (Å²) < 4.78 is 0. The fraction of sp³-hybridized carbons (Fsp3) is 0. The standard InChI is InChI=1S/C18H12N4O/c19-10-11-8-15-17(16(23)9-11)22-18(21-15)20-14-7-3-5-12-4-1-2-6-13(12)14/h1-9,23H,(H2,20,21,22). The average molecular weight is 300 g/mol. The highest BCUT2D eigenvalue weighted by molar-refractivity contribution is 5.95. The number of aromatic amines is 1. The van der Waals surface area contributed by atoms with E-state index < -0.39 is 0 Å². The van der Waals surface area contributed by atoms with E-state index in [-0.39, 0.29) is 5.75 Å². The van der Waals surface area contributed by atoms with Gasteiger partial charge in [0.2, 0.25) is 5.95 Å². The molecule has 5 heteroatoms. The third-order valence-electron chi connectivity index (χ3n) is 3.74. The first-order valence-electron chi connectivity index (χ1n) is 7.12. The van der Waals surface area contributed by atoms with E-state index in [1.807, 2.05) is 48.5 Å². The van der Waals surface area contributed by atoms with Crippen LogP contribution in [0.1, 0.15) is 5.56 Å². The average Bonchev–Trinajstić information content (AvgIpc) is 2.98. The molecule has 0 amide bonds. The number of nitrogens with zero attached hydrogens (tertiary/aromatic N) is 2. The van der Waals surface area contributed by atoms with E-state index in [0.29, 0.717) is 22.5 Å². The summed E-state index contributed by atoms with van der Waals surface area (Å²) in [6.07, 6.45) is 0. The van der Waals surface area contributed by atoms with Gasteiger partial charge in [-0.1, -0.05) is 36.4 Å². The first kappa shape index (κ1) is 13.2. The molecule has 4 aromatic rings. The molecular formula is C18H12N4O. The van der Waals surface area contributed by atoms with Crippen molar-refractivity contribution in [3.8, 4) is 11.8 Å². The Morgan fingerprint density at radius 2 is 1.91 bits per heavy atom. The Hall–Kier alpha value is -3.52. The van der Waals surface area contributed by atoms with Crippen LogP contribution in [0, 0.1) is 11.3 Å². The second kappa shape index (κ2) is 5.04. The summed E-state index contributed by atoms with van der Waals surface area (Å²) >= 11 is 0. The molecular weight excluding hydrogens is 288 g/mol. The molecule has 5 nitrogen and oxygen atoms in total. The molecule has 1 heterocycles. The number of nitrogens with one attached hydrogen (secondary N) is 2. The molecule has 0 saturated heterocycles. The molecule has 3 N–H and O–H groups in total. The summed E-state index contributed by atoms with van der Waals surface area (Å²) in [6, 6.07) is 19.1. The topological polar surface area (TPSA) is 84.7 Å². The number of rotatable bonds is 2. The molecule has 0 radical (unpaired) electrons. The van der Waals surface area contributed by atoms with Crippen molar-refractivity contribution < 1.29 is 5.11 Å². The molecule has 4 rings (SSSR count). The number of nitriles is 1. The van der Waals surface area contributed by atoms with Crippen molar-refractivity contribution in [2.45, 2.75) is 0 Å². The van der Waals surface area contributed by atoms with E-state index >= 15 is 0 Å². The second-order valence-corrected chi connectivity index (χ2v) is 5.24. The predicted molar refractivity (Wildman–Crippen MR) is 89.7 cm³/mol. The first-order valence-corrected chi connectivity index (χ1v) is 7.12. The number of aromatic nitrogens is 2. The van der Waals surface area contributed by atoms with Crippen molar-refractivity contribution in [1.82, 2.24) is 9.97 Å². The SMILES string of the molecule is N#Cc1cc(O)c2nc(Nc3cccc4ccccc34)[nH]c2c1. The van der Waals surface area contributed by atoms with Crippen molar-refractivity contribution >= 4 is 33.4 Å². The van der Waals surface area contributed by atoms with Crippen LogP contribution >= 0.6 is 0 Å². The highest BCUT2D eigenvalue weighted by Gasteiger charge is 2.10. The highest BCUT2D eigenvalue weighted by Crippen LogP contribution is 2.29.